The highest BCUT2D eigenvalue weighted by Gasteiger charge is 2.34. The molecule has 0 bridgehead atoms. The minimum absolute atomic E-state index is 0.203. The third kappa shape index (κ3) is 5.08. The summed E-state index contributed by atoms with van der Waals surface area (Å²) in [6, 6.07) is 14.2. The standard InChI is InChI=1S/C27H30FN3O/c1-20(22-6-5-7-25(28)17-22)26(32)30-27(11-3-2-4-12-27)13-15-31-14-10-23-16-21(18-29)8-9-24(23)19-31/h5-9,16-17H,1-4,10-15,19H2,(H,30,32). The lowest BCUT2D eigenvalue weighted by Crippen LogP contribution is -2.51. The van der Waals surface area contributed by atoms with Crippen molar-refractivity contribution in [2.45, 2.75) is 57.0 Å². The van der Waals surface area contributed by atoms with Gasteiger partial charge in [0.25, 0.3) is 5.91 Å². The van der Waals surface area contributed by atoms with Crippen LogP contribution >= 0.6 is 0 Å². The smallest absolute Gasteiger partial charge is 0.251 e. The van der Waals surface area contributed by atoms with E-state index in [0.29, 0.717) is 11.1 Å². The number of nitriles is 1. The second kappa shape index (κ2) is 9.67. The first-order valence-corrected chi connectivity index (χ1v) is 11.5. The Balaban J connectivity index is 1.41. The van der Waals surface area contributed by atoms with Crippen LogP contribution in [0.4, 0.5) is 4.39 Å². The van der Waals surface area contributed by atoms with Gasteiger partial charge in [0.1, 0.15) is 5.82 Å². The number of rotatable bonds is 6. The van der Waals surface area contributed by atoms with Crippen molar-refractivity contribution in [3.8, 4) is 6.07 Å². The Labute approximate surface area is 189 Å². The summed E-state index contributed by atoms with van der Waals surface area (Å²) >= 11 is 0. The molecule has 0 aromatic heterocycles. The van der Waals surface area contributed by atoms with Crippen molar-refractivity contribution in [1.82, 2.24) is 10.2 Å². The van der Waals surface area contributed by atoms with Crippen LogP contribution in [0.5, 0.6) is 0 Å². The molecule has 5 heteroatoms. The highest BCUT2D eigenvalue weighted by molar-refractivity contribution is 6.18. The Morgan fingerprint density at radius 2 is 1.97 bits per heavy atom. The summed E-state index contributed by atoms with van der Waals surface area (Å²) in [7, 11) is 0. The number of nitrogens with one attached hydrogen (secondary N) is 1. The van der Waals surface area contributed by atoms with E-state index in [2.05, 4.69) is 28.9 Å². The van der Waals surface area contributed by atoms with Crippen molar-refractivity contribution in [3.63, 3.8) is 0 Å². The first-order valence-electron chi connectivity index (χ1n) is 11.5. The number of benzene rings is 2. The van der Waals surface area contributed by atoms with E-state index in [0.717, 1.165) is 63.7 Å². The third-order valence-corrected chi connectivity index (χ3v) is 6.97. The topological polar surface area (TPSA) is 56.1 Å². The molecule has 1 fully saturated rings. The van der Waals surface area contributed by atoms with E-state index in [4.69, 9.17) is 5.26 Å². The molecule has 1 amide bonds. The molecule has 32 heavy (non-hydrogen) atoms. The van der Waals surface area contributed by atoms with Crippen molar-refractivity contribution in [1.29, 1.82) is 5.26 Å². The monoisotopic (exact) mass is 431 g/mol. The molecule has 2 aromatic carbocycles. The molecule has 0 spiro atoms. The first-order chi connectivity index (χ1) is 15.5. The van der Waals surface area contributed by atoms with Gasteiger partial charge in [-0.25, -0.2) is 4.39 Å². The molecule has 1 N–H and O–H groups in total. The number of carbonyl (C=O) groups excluding carboxylic acids is 1. The zero-order chi connectivity index (χ0) is 22.6. The lowest BCUT2D eigenvalue weighted by Gasteiger charge is -2.40. The van der Waals surface area contributed by atoms with Crippen LogP contribution in [0.3, 0.4) is 0 Å². The third-order valence-electron chi connectivity index (χ3n) is 6.97. The Kier molecular flexibility index (Phi) is 6.72. The Bertz CT molecular complexity index is 1050. The lowest BCUT2D eigenvalue weighted by atomic mass is 9.78. The van der Waals surface area contributed by atoms with Crippen LogP contribution in [0.25, 0.3) is 5.57 Å². The summed E-state index contributed by atoms with van der Waals surface area (Å²) in [5.74, 6) is -0.568. The summed E-state index contributed by atoms with van der Waals surface area (Å²) in [6.45, 7) is 6.68. The molecule has 166 valence electrons. The van der Waals surface area contributed by atoms with Crippen molar-refractivity contribution in [2.24, 2.45) is 0 Å². The Hall–Kier alpha value is -2.97. The zero-order valence-electron chi connectivity index (χ0n) is 18.5. The quantitative estimate of drug-likeness (QED) is 0.657. The van der Waals surface area contributed by atoms with E-state index in [1.165, 1.54) is 29.7 Å². The van der Waals surface area contributed by atoms with Gasteiger partial charge in [0.15, 0.2) is 0 Å². The van der Waals surface area contributed by atoms with Crippen LogP contribution in [0.1, 0.15) is 60.8 Å². The predicted octanol–water partition coefficient (Wildman–Crippen LogP) is 4.98. The van der Waals surface area contributed by atoms with Crippen LogP contribution in [0, 0.1) is 17.1 Å². The van der Waals surface area contributed by atoms with Crippen LogP contribution in [-0.4, -0.2) is 29.4 Å². The van der Waals surface area contributed by atoms with Gasteiger partial charge in [-0.2, -0.15) is 5.26 Å². The second-order valence-corrected chi connectivity index (χ2v) is 9.16. The van der Waals surface area contributed by atoms with Crippen molar-refractivity contribution in [2.75, 3.05) is 13.1 Å². The molecule has 0 saturated heterocycles. The molecule has 0 unspecified atom stereocenters. The van der Waals surface area contributed by atoms with E-state index in [-0.39, 0.29) is 17.3 Å². The Morgan fingerprint density at radius 1 is 1.16 bits per heavy atom. The van der Waals surface area contributed by atoms with Gasteiger partial charge >= 0.3 is 0 Å². The number of nitrogens with zero attached hydrogens (tertiary/aromatic N) is 2. The average molecular weight is 432 g/mol. The largest absolute Gasteiger partial charge is 0.347 e. The van der Waals surface area contributed by atoms with Gasteiger partial charge < -0.3 is 5.32 Å². The first kappa shape index (κ1) is 22.2. The number of halogens is 1. The van der Waals surface area contributed by atoms with Crippen LogP contribution < -0.4 is 5.32 Å². The average Bonchev–Trinajstić information content (AvgIpc) is 2.82. The summed E-state index contributed by atoms with van der Waals surface area (Å²) in [5.41, 5.74) is 3.88. The number of hydrogen-bond donors (Lipinski definition) is 1. The van der Waals surface area contributed by atoms with Gasteiger partial charge in [0.2, 0.25) is 0 Å². The highest BCUT2D eigenvalue weighted by Crippen LogP contribution is 2.33. The number of carbonyl (C=O) groups is 1. The van der Waals surface area contributed by atoms with Gasteiger partial charge in [0.05, 0.1) is 11.6 Å². The van der Waals surface area contributed by atoms with Crippen molar-refractivity contribution < 1.29 is 9.18 Å². The maximum atomic E-state index is 13.6. The van der Waals surface area contributed by atoms with Crippen LogP contribution in [0.15, 0.2) is 49.0 Å². The number of amides is 1. The summed E-state index contributed by atoms with van der Waals surface area (Å²) in [4.78, 5) is 15.5. The highest BCUT2D eigenvalue weighted by atomic mass is 19.1. The normalized spacial score (nSPS) is 17.8. The molecule has 1 aliphatic heterocycles. The van der Waals surface area contributed by atoms with Gasteiger partial charge in [0, 0.05) is 30.7 Å². The molecule has 2 aromatic rings. The van der Waals surface area contributed by atoms with Crippen LogP contribution in [0.2, 0.25) is 0 Å². The molecular weight excluding hydrogens is 401 g/mol. The van der Waals surface area contributed by atoms with Gasteiger partial charge in [-0.15, -0.1) is 0 Å². The Morgan fingerprint density at radius 3 is 2.72 bits per heavy atom. The maximum absolute atomic E-state index is 13.6. The molecule has 4 rings (SSSR count). The summed E-state index contributed by atoms with van der Waals surface area (Å²) in [5, 5.41) is 12.4. The van der Waals surface area contributed by atoms with Crippen LogP contribution in [-0.2, 0) is 17.8 Å². The molecule has 1 saturated carbocycles. The fraction of sp³-hybridized carbons (Fsp3) is 0.407. The minimum Gasteiger partial charge on any atom is -0.347 e. The second-order valence-electron chi connectivity index (χ2n) is 9.16. The van der Waals surface area contributed by atoms with Gasteiger partial charge in [-0.3, -0.25) is 9.69 Å². The molecule has 2 aliphatic rings. The fourth-order valence-electron chi connectivity index (χ4n) is 5.03. The van der Waals surface area contributed by atoms with E-state index < -0.39 is 0 Å². The van der Waals surface area contributed by atoms with Crippen molar-refractivity contribution >= 4 is 11.5 Å². The summed E-state index contributed by atoms with van der Waals surface area (Å²) < 4.78 is 13.6. The van der Waals surface area contributed by atoms with Gasteiger partial charge in [-0.1, -0.05) is 44.0 Å². The van der Waals surface area contributed by atoms with E-state index in [1.807, 2.05) is 12.1 Å². The number of hydrogen-bond acceptors (Lipinski definition) is 3. The predicted molar refractivity (Wildman–Crippen MR) is 124 cm³/mol. The van der Waals surface area contributed by atoms with E-state index in [9.17, 15) is 9.18 Å². The molecule has 4 nitrogen and oxygen atoms in total. The zero-order valence-corrected chi connectivity index (χ0v) is 18.5. The molecule has 1 heterocycles. The van der Waals surface area contributed by atoms with E-state index in [1.54, 1.807) is 12.1 Å². The minimum atomic E-state index is -0.365. The summed E-state index contributed by atoms with van der Waals surface area (Å²) in [6.07, 6.45) is 7.16. The van der Waals surface area contributed by atoms with Gasteiger partial charge in [-0.05, 0) is 66.6 Å². The van der Waals surface area contributed by atoms with E-state index >= 15 is 0 Å². The SMILES string of the molecule is C=C(C(=O)NC1(CCN2CCc3cc(C#N)ccc3C2)CCCCC1)c1cccc(F)c1. The lowest BCUT2D eigenvalue weighted by molar-refractivity contribution is -0.118. The fourth-order valence-corrected chi connectivity index (χ4v) is 5.03. The van der Waals surface area contributed by atoms with Crippen molar-refractivity contribution in [3.05, 3.63) is 77.1 Å². The molecule has 0 radical (unpaired) electrons. The maximum Gasteiger partial charge on any atom is 0.251 e. The number of fused-ring (bicyclic) bond motifs is 1. The molecular formula is C27H30FN3O. The molecule has 1 aliphatic carbocycles. The molecule has 0 atom stereocenters.